The van der Waals surface area contributed by atoms with Gasteiger partial charge in [-0.15, -0.1) is 0 Å². The first-order chi connectivity index (χ1) is 9.65. The smallest absolute Gasteiger partial charge is 0.273 e. The number of nitro benzene ring substituents is 1. The van der Waals surface area contributed by atoms with Gasteiger partial charge in [0.1, 0.15) is 0 Å². The number of nitrogens with zero attached hydrogens (tertiary/aromatic N) is 2. The third-order valence-electron chi connectivity index (χ3n) is 3.56. The number of hydrogen-bond donors (Lipinski definition) is 1. The Bertz CT molecular complexity index is 670. The largest absolute Gasteiger partial charge is 0.398 e. The summed E-state index contributed by atoms with van der Waals surface area (Å²) >= 11 is 0. The molecule has 0 atom stereocenters. The summed E-state index contributed by atoms with van der Waals surface area (Å²) < 4.78 is 0. The van der Waals surface area contributed by atoms with Gasteiger partial charge in [0.05, 0.1) is 4.92 Å². The molecule has 1 aliphatic heterocycles. The monoisotopic (exact) mass is 269 g/mol. The molecule has 2 aromatic rings. The third-order valence-corrected chi connectivity index (χ3v) is 3.56. The molecule has 1 heterocycles. The molecule has 5 heteroatoms. The van der Waals surface area contributed by atoms with Crippen LogP contribution in [0, 0.1) is 10.1 Å². The number of hydrogen-bond acceptors (Lipinski definition) is 4. The fourth-order valence-corrected chi connectivity index (χ4v) is 2.68. The van der Waals surface area contributed by atoms with E-state index in [4.69, 9.17) is 5.73 Å². The van der Waals surface area contributed by atoms with Crippen molar-refractivity contribution >= 4 is 22.7 Å². The van der Waals surface area contributed by atoms with Gasteiger partial charge in [-0.05, 0) is 30.5 Å². The third kappa shape index (κ3) is 2.18. The van der Waals surface area contributed by atoms with Gasteiger partial charge in [-0.3, -0.25) is 10.1 Å². The number of non-ortho nitro benzene ring substituents is 1. The zero-order valence-electron chi connectivity index (χ0n) is 11.0. The van der Waals surface area contributed by atoms with Crippen LogP contribution in [-0.4, -0.2) is 11.5 Å². The number of benzene rings is 2. The molecular weight excluding hydrogens is 254 g/mol. The molecular formula is C15H15N3O2. The molecule has 0 aliphatic carbocycles. The van der Waals surface area contributed by atoms with E-state index in [2.05, 4.69) is 11.0 Å². The lowest BCUT2D eigenvalue weighted by atomic mass is 10.0. The second-order valence-electron chi connectivity index (χ2n) is 4.92. The maximum atomic E-state index is 11.0. The van der Waals surface area contributed by atoms with Crippen molar-refractivity contribution in [3.63, 3.8) is 0 Å². The molecule has 3 rings (SSSR count). The zero-order chi connectivity index (χ0) is 14.1. The molecule has 2 aromatic carbocycles. The van der Waals surface area contributed by atoms with E-state index in [0.29, 0.717) is 5.69 Å². The number of para-hydroxylation sites is 1. The van der Waals surface area contributed by atoms with Crippen LogP contribution in [0.25, 0.3) is 0 Å². The van der Waals surface area contributed by atoms with Gasteiger partial charge in [0.25, 0.3) is 5.69 Å². The first-order valence-electron chi connectivity index (χ1n) is 6.55. The lowest BCUT2D eigenvalue weighted by Gasteiger charge is -2.31. The van der Waals surface area contributed by atoms with Gasteiger partial charge in [-0.1, -0.05) is 18.2 Å². The Labute approximate surface area is 116 Å². The molecule has 5 nitrogen and oxygen atoms in total. The Hall–Kier alpha value is -2.56. The molecule has 1 aliphatic rings. The van der Waals surface area contributed by atoms with Crippen LogP contribution in [0.1, 0.15) is 12.0 Å². The van der Waals surface area contributed by atoms with Crippen molar-refractivity contribution < 1.29 is 4.92 Å². The van der Waals surface area contributed by atoms with Crippen LogP contribution in [0.4, 0.5) is 22.7 Å². The van der Waals surface area contributed by atoms with Crippen LogP contribution in [0.5, 0.6) is 0 Å². The van der Waals surface area contributed by atoms with Crippen molar-refractivity contribution in [1.82, 2.24) is 0 Å². The van der Waals surface area contributed by atoms with Crippen molar-refractivity contribution in [3.8, 4) is 0 Å². The van der Waals surface area contributed by atoms with Crippen molar-refractivity contribution in [3.05, 3.63) is 58.1 Å². The second kappa shape index (κ2) is 4.85. The fourth-order valence-electron chi connectivity index (χ4n) is 2.68. The molecule has 0 aromatic heterocycles. The summed E-state index contributed by atoms with van der Waals surface area (Å²) in [7, 11) is 0. The maximum absolute atomic E-state index is 11.0. The predicted octanol–water partition coefficient (Wildman–Crippen LogP) is 3.26. The highest BCUT2D eigenvalue weighted by atomic mass is 16.6. The highest BCUT2D eigenvalue weighted by Crippen LogP contribution is 2.35. The van der Waals surface area contributed by atoms with Crippen molar-refractivity contribution in [2.45, 2.75) is 12.8 Å². The van der Waals surface area contributed by atoms with Crippen molar-refractivity contribution in [2.24, 2.45) is 0 Å². The predicted molar refractivity (Wildman–Crippen MR) is 79.3 cm³/mol. The molecule has 0 unspecified atom stereocenters. The van der Waals surface area contributed by atoms with Gasteiger partial charge >= 0.3 is 0 Å². The fraction of sp³-hybridized carbons (Fsp3) is 0.200. The minimum absolute atomic E-state index is 0.0306. The molecule has 20 heavy (non-hydrogen) atoms. The molecule has 0 saturated heterocycles. The number of anilines is 3. The number of nitrogens with two attached hydrogens (primary N) is 1. The van der Waals surface area contributed by atoms with E-state index in [1.807, 2.05) is 18.2 Å². The van der Waals surface area contributed by atoms with Gasteiger partial charge in [0.2, 0.25) is 0 Å². The topological polar surface area (TPSA) is 72.4 Å². The Morgan fingerprint density at radius 1 is 1.20 bits per heavy atom. The Morgan fingerprint density at radius 3 is 2.80 bits per heavy atom. The number of aryl methyl sites for hydroxylation is 1. The Morgan fingerprint density at radius 2 is 2.00 bits per heavy atom. The second-order valence-corrected chi connectivity index (χ2v) is 4.92. The van der Waals surface area contributed by atoms with Gasteiger partial charge in [-0.2, -0.15) is 0 Å². The Balaban J connectivity index is 2.08. The summed E-state index contributed by atoms with van der Waals surface area (Å²) in [6.07, 6.45) is 2.07. The molecule has 0 amide bonds. The maximum Gasteiger partial charge on any atom is 0.273 e. The number of fused-ring (bicyclic) bond motifs is 1. The van der Waals surface area contributed by atoms with E-state index in [1.54, 1.807) is 12.1 Å². The lowest BCUT2D eigenvalue weighted by Crippen LogP contribution is -2.24. The molecule has 0 fully saturated rings. The highest BCUT2D eigenvalue weighted by molar-refractivity contribution is 5.72. The zero-order valence-corrected chi connectivity index (χ0v) is 11.0. The minimum Gasteiger partial charge on any atom is -0.398 e. The molecule has 0 bridgehead atoms. The minimum atomic E-state index is -0.407. The summed E-state index contributed by atoms with van der Waals surface area (Å²) in [5, 5.41) is 11.0. The molecule has 2 N–H and O–H groups in total. The van der Waals surface area contributed by atoms with Crippen LogP contribution in [0.2, 0.25) is 0 Å². The summed E-state index contributed by atoms with van der Waals surface area (Å²) in [5.41, 5.74) is 9.40. The normalized spacial score (nSPS) is 13.9. The number of nitro groups is 1. The van der Waals surface area contributed by atoms with Gasteiger partial charge < -0.3 is 10.6 Å². The van der Waals surface area contributed by atoms with E-state index < -0.39 is 4.92 Å². The van der Waals surface area contributed by atoms with Gasteiger partial charge in [0, 0.05) is 35.7 Å². The standard InChI is InChI=1S/C15H15N3O2/c16-12-8-13(10-14(9-12)18(19)20)17-7-3-5-11-4-1-2-6-15(11)17/h1-2,4,6,8-10H,3,5,7,16H2. The van der Waals surface area contributed by atoms with Crippen LogP contribution in [-0.2, 0) is 6.42 Å². The average molecular weight is 269 g/mol. The quantitative estimate of drug-likeness (QED) is 0.516. The summed E-state index contributed by atoms with van der Waals surface area (Å²) in [4.78, 5) is 12.7. The average Bonchev–Trinajstić information content (AvgIpc) is 2.46. The molecule has 0 radical (unpaired) electrons. The SMILES string of the molecule is Nc1cc(N2CCCc3ccccc32)cc([N+](=O)[O-])c1. The lowest BCUT2D eigenvalue weighted by molar-refractivity contribution is -0.384. The Kier molecular flexibility index (Phi) is 3.02. The van der Waals surface area contributed by atoms with E-state index in [1.165, 1.54) is 11.6 Å². The van der Waals surface area contributed by atoms with Gasteiger partial charge in [-0.25, -0.2) is 0 Å². The van der Waals surface area contributed by atoms with E-state index in [9.17, 15) is 10.1 Å². The highest BCUT2D eigenvalue weighted by Gasteiger charge is 2.20. The van der Waals surface area contributed by atoms with Gasteiger partial charge in [0.15, 0.2) is 0 Å². The number of rotatable bonds is 2. The van der Waals surface area contributed by atoms with E-state index in [-0.39, 0.29) is 5.69 Å². The molecule has 102 valence electrons. The van der Waals surface area contributed by atoms with Crippen molar-refractivity contribution in [1.29, 1.82) is 0 Å². The first-order valence-corrected chi connectivity index (χ1v) is 6.55. The first kappa shape index (κ1) is 12.5. The van der Waals surface area contributed by atoms with Crippen LogP contribution < -0.4 is 10.6 Å². The molecule has 0 spiro atoms. The van der Waals surface area contributed by atoms with E-state index in [0.717, 1.165) is 30.8 Å². The molecule has 0 saturated carbocycles. The van der Waals surface area contributed by atoms with E-state index >= 15 is 0 Å². The summed E-state index contributed by atoms with van der Waals surface area (Å²) in [6.45, 7) is 0.845. The van der Waals surface area contributed by atoms with Crippen molar-refractivity contribution in [2.75, 3.05) is 17.2 Å². The summed E-state index contributed by atoms with van der Waals surface area (Å²) in [6, 6.07) is 12.9. The van der Waals surface area contributed by atoms with Crippen LogP contribution in [0.3, 0.4) is 0 Å². The number of nitrogen functional groups attached to an aromatic ring is 1. The van der Waals surface area contributed by atoms with Crippen LogP contribution in [0.15, 0.2) is 42.5 Å². The summed E-state index contributed by atoms with van der Waals surface area (Å²) in [5.74, 6) is 0. The van der Waals surface area contributed by atoms with Crippen LogP contribution >= 0.6 is 0 Å².